The SMILES string of the molecule is CCCCC1=C(CCCC)[C@H]2CN(S(=O)(=O)c3ccc(C)cc3)C[C@@H]2CC1=O. The van der Waals surface area contributed by atoms with Gasteiger partial charge < -0.3 is 0 Å². The Morgan fingerprint density at radius 1 is 1.00 bits per heavy atom. The van der Waals surface area contributed by atoms with Crippen LogP contribution in [0.4, 0.5) is 0 Å². The van der Waals surface area contributed by atoms with Gasteiger partial charge in [-0.15, -0.1) is 0 Å². The highest BCUT2D eigenvalue weighted by molar-refractivity contribution is 7.89. The number of fused-ring (bicyclic) bond motifs is 1. The standard InChI is InChI=1S/C23H33NO3S/c1-4-6-8-20-21(9-7-5-2)23(25)14-18-15-24(16-22(18)20)28(26,27)19-12-10-17(3)11-13-19/h10-13,18,22H,4-9,14-16H2,1-3H3/t18-,22-/m0/s1. The van der Waals surface area contributed by atoms with Crippen molar-refractivity contribution in [3.8, 4) is 0 Å². The van der Waals surface area contributed by atoms with Gasteiger partial charge in [-0.25, -0.2) is 8.42 Å². The van der Waals surface area contributed by atoms with E-state index in [2.05, 4.69) is 13.8 Å². The molecule has 0 aromatic heterocycles. The van der Waals surface area contributed by atoms with Gasteiger partial charge in [0, 0.05) is 19.5 Å². The lowest BCUT2D eigenvalue weighted by Crippen LogP contribution is -2.29. The molecular weight excluding hydrogens is 370 g/mol. The molecule has 0 N–H and O–H groups in total. The number of hydrogen-bond acceptors (Lipinski definition) is 3. The fourth-order valence-corrected chi connectivity index (χ4v) is 6.13. The van der Waals surface area contributed by atoms with E-state index in [0.717, 1.165) is 49.7 Å². The van der Waals surface area contributed by atoms with E-state index in [9.17, 15) is 13.2 Å². The molecule has 1 aliphatic carbocycles. The van der Waals surface area contributed by atoms with Crippen LogP contribution in [0.3, 0.4) is 0 Å². The molecule has 5 heteroatoms. The van der Waals surface area contributed by atoms with E-state index in [1.165, 1.54) is 5.57 Å². The lowest BCUT2D eigenvalue weighted by molar-refractivity contribution is -0.117. The number of carbonyl (C=O) groups is 1. The first kappa shape index (κ1) is 21.3. The summed E-state index contributed by atoms with van der Waals surface area (Å²) in [6, 6.07) is 7.07. The minimum Gasteiger partial charge on any atom is -0.295 e. The minimum absolute atomic E-state index is 0.130. The van der Waals surface area contributed by atoms with Crippen molar-refractivity contribution in [3.05, 3.63) is 41.0 Å². The molecule has 0 saturated carbocycles. The molecule has 0 unspecified atom stereocenters. The van der Waals surface area contributed by atoms with E-state index < -0.39 is 10.0 Å². The molecule has 0 spiro atoms. The summed E-state index contributed by atoms with van der Waals surface area (Å²) < 4.78 is 28.0. The smallest absolute Gasteiger partial charge is 0.243 e. The molecule has 1 saturated heterocycles. The van der Waals surface area contributed by atoms with Gasteiger partial charge >= 0.3 is 0 Å². The van der Waals surface area contributed by atoms with Crippen LogP contribution in [0.2, 0.25) is 0 Å². The third-order valence-electron chi connectivity index (χ3n) is 6.27. The quantitative estimate of drug-likeness (QED) is 0.621. The number of allylic oxidation sites excluding steroid dienone is 1. The molecule has 1 heterocycles. The average Bonchev–Trinajstić information content (AvgIpc) is 3.10. The number of Topliss-reactive ketones (excluding diaryl/α,β-unsaturated/α-hetero) is 1. The number of benzene rings is 1. The fraction of sp³-hybridized carbons (Fsp3) is 0.609. The third-order valence-corrected chi connectivity index (χ3v) is 8.11. The van der Waals surface area contributed by atoms with Crippen LogP contribution in [0, 0.1) is 18.8 Å². The summed E-state index contributed by atoms with van der Waals surface area (Å²) in [7, 11) is -3.51. The van der Waals surface area contributed by atoms with Gasteiger partial charge in [-0.3, -0.25) is 4.79 Å². The summed E-state index contributed by atoms with van der Waals surface area (Å²) in [6.07, 6.45) is 6.52. The summed E-state index contributed by atoms with van der Waals surface area (Å²) >= 11 is 0. The Morgan fingerprint density at radius 3 is 2.29 bits per heavy atom. The fourth-order valence-electron chi connectivity index (χ4n) is 4.61. The topological polar surface area (TPSA) is 54.5 Å². The first-order valence-electron chi connectivity index (χ1n) is 10.7. The van der Waals surface area contributed by atoms with Crippen LogP contribution < -0.4 is 0 Å². The van der Waals surface area contributed by atoms with Gasteiger partial charge in [-0.2, -0.15) is 4.31 Å². The van der Waals surface area contributed by atoms with Crippen molar-refractivity contribution in [2.24, 2.45) is 11.8 Å². The summed E-state index contributed by atoms with van der Waals surface area (Å²) in [5.41, 5.74) is 3.33. The molecular formula is C23H33NO3S. The number of nitrogens with zero attached hydrogens (tertiary/aromatic N) is 1. The summed E-state index contributed by atoms with van der Waals surface area (Å²) in [5, 5.41) is 0. The lowest BCUT2D eigenvalue weighted by atomic mass is 9.73. The van der Waals surface area contributed by atoms with Crippen molar-refractivity contribution in [2.45, 2.75) is 70.6 Å². The molecule has 0 bridgehead atoms. The van der Waals surface area contributed by atoms with Gasteiger partial charge in [-0.05, 0) is 62.1 Å². The highest BCUT2D eigenvalue weighted by atomic mass is 32.2. The molecule has 0 amide bonds. The van der Waals surface area contributed by atoms with Crippen LogP contribution in [0.15, 0.2) is 40.3 Å². The van der Waals surface area contributed by atoms with Crippen molar-refractivity contribution in [2.75, 3.05) is 13.1 Å². The predicted molar refractivity (Wildman–Crippen MR) is 113 cm³/mol. The average molecular weight is 404 g/mol. The Hall–Kier alpha value is -1.46. The van der Waals surface area contributed by atoms with E-state index in [1.807, 2.05) is 19.1 Å². The Balaban J connectivity index is 1.88. The maximum atomic E-state index is 13.2. The number of sulfonamides is 1. The second-order valence-electron chi connectivity index (χ2n) is 8.34. The van der Waals surface area contributed by atoms with E-state index in [1.54, 1.807) is 16.4 Å². The highest BCUT2D eigenvalue weighted by Gasteiger charge is 2.45. The van der Waals surface area contributed by atoms with E-state index in [0.29, 0.717) is 24.4 Å². The van der Waals surface area contributed by atoms with Crippen LogP contribution in [0.5, 0.6) is 0 Å². The number of unbranched alkanes of at least 4 members (excludes halogenated alkanes) is 2. The van der Waals surface area contributed by atoms with Gasteiger partial charge in [0.2, 0.25) is 10.0 Å². The van der Waals surface area contributed by atoms with Crippen LogP contribution in [0.1, 0.15) is 64.4 Å². The van der Waals surface area contributed by atoms with Crippen LogP contribution in [-0.4, -0.2) is 31.6 Å². The van der Waals surface area contributed by atoms with Crippen molar-refractivity contribution >= 4 is 15.8 Å². The number of carbonyl (C=O) groups excluding carboxylic acids is 1. The Morgan fingerprint density at radius 2 is 1.64 bits per heavy atom. The zero-order valence-electron chi connectivity index (χ0n) is 17.4. The molecule has 1 aromatic carbocycles. The molecule has 154 valence electrons. The zero-order chi connectivity index (χ0) is 20.3. The number of rotatable bonds is 8. The molecule has 1 fully saturated rings. The van der Waals surface area contributed by atoms with Crippen LogP contribution in [-0.2, 0) is 14.8 Å². The number of aryl methyl sites for hydroxylation is 1. The number of ketones is 1. The van der Waals surface area contributed by atoms with Gasteiger partial charge in [0.15, 0.2) is 5.78 Å². The Bertz CT molecular complexity index is 839. The Kier molecular flexibility index (Phi) is 6.77. The predicted octanol–water partition coefficient (Wildman–Crippen LogP) is 4.88. The largest absolute Gasteiger partial charge is 0.295 e. The van der Waals surface area contributed by atoms with Crippen molar-refractivity contribution < 1.29 is 13.2 Å². The highest BCUT2D eigenvalue weighted by Crippen LogP contribution is 2.43. The first-order chi connectivity index (χ1) is 13.4. The molecule has 0 radical (unpaired) electrons. The molecule has 4 nitrogen and oxygen atoms in total. The number of hydrogen-bond donors (Lipinski definition) is 0. The molecule has 1 aliphatic heterocycles. The van der Waals surface area contributed by atoms with E-state index >= 15 is 0 Å². The summed E-state index contributed by atoms with van der Waals surface area (Å²) in [4.78, 5) is 13.2. The van der Waals surface area contributed by atoms with Gasteiger partial charge in [0.05, 0.1) is 4.90 Å². The van der Waals surface area contributed by atoms with Gasteiger partial charge in [-0.1, -0.05) is 50.0 Å². The molecule has 2 atom stereocenters. The van der Waals surface area contributed by atoms with Crippen LogP contribution in [0.25, 0.3) is 0 Å². The normalized spacial score (nSPS) is 23.3. The molecule has 2 aliphatic rings. The summed E-state index contributed by atoms with van der Waals surface area (Å²) in [6.45, 7) is 7.24. The second-order valence-corrected chi connectivity index (χ2v) is 10.3. The third kappa shape index (κ3) is 4.25. The Labute approximate surface area is 170 Å². The van der Waals surface area contributed by atoms with Crippen molar-refractivity contribution in [3.63, 3.8) is 0 Å². The van der Waals surface area contributed by atoms with Crippen LogP contribution >= 0.6 is 0 Å². The maximum Gasteiger partial charge on any atom is 0.243 e. The van der Waals surface area contributed by atoms with Gasteiger partial charge in [0.1, 0.15) is 0 Å². The van der Waals surface area contributed by atoms with E-state index in [4.69, 9.17) is 0 Å². The second kappa shape index (κ2) is 8.91. The molecule has 3 rings (SSSR count). The van der Waals surface area contributed by atoms with E-state index in [-0.39, 0.29) is 17.6 Å². The summed E-state index contributed by atoms with van der Waals surface area (Å²) in [5.74, 6) is 0.594. The van der Waals surface area contributed by atoms with Gasteiger partial charge in [0.25, 0.3) is 0 Å². The maximum absolute atomic E-state index is 13.2. The van der Waals surface area contributed by atoms with Crippen molar-refractivity contribution in [1.82, 2.24) is 4.31 Å². The van der Waals surface area contributed by atoms with Crippen molar-refractivity contribution in [1.29, 1.82) is 0 Å². The monoisotopic (exact) mass is 403 g/mol. The zero-order valence-corrected chi connectivity index (χ0v) is 18.2. The first-order valence-corrected chi connectivity index (χ1v) is 12.1. The molecule has 1 aromatic rings. The molecule has 28 heavy (non-hydrogen) atoms. The minimum atomic E-state index is -3.51. The lowest BCUT2D eigenvalue weighted by Gasteiger charge is -2.29.